The molecule has 1 saturated heterocycles. The lowest BCUT2D eigenvalue weighted by molar-refractivity contribution is 0.0524. The lowest BCUT2D eigenvalue weighted by atomic mass is 10.1. The fourth-order valence-corrected chi connectivity index (χ4v) is 3.43. The van der Waals surface area contributed by atoms with Gasteiger partial charge in [0.25, 0.3) is 5.91 Å². The molecule has 1 aromatic heterocycles. The Labute approximate surface area is 165 Å². The number of hydrogen-bond acceptors (Lipinski definition) is 5. The molecule has 0 saturated carbocycles. The number of nitrogens with zero attached hydrogens (tertiary/aromatic N) is 2. The number of esters is 1. The van der Waals surface area contributed by atoms with Crippen molar-refractivity contribution in [2.45, 2.75) is 39.7 Å². The van der Waals surface area contributed by atoms with Crippen molar-refractivity contribution in [1.29, 1.82) is 0 Å². The standard InChI is InChI=1S/C22H27N3O3/c1-3-28-22(27)19-10-11-20(23-16(19)2)21(26)24-18-9-7-8-17(14-18)15-25-12-5-4-6-13-25/h7-11,14H,3-6,12-13,15H2,1-2H3,(H,24,26). The van der Waals surface area contributed by atoms with Crippen LogP contribution in [0.15, 0.2) is 36.4 Å². The second kappa shape index (κ2) is 9.46. The van der Waals surface area contributed by atoms with Crippen molar-refractivity contribution in [1.82, 2.24) is 9.88 Å². The highest BCUT2D eigenvalue weighted by atomic mass is 16.5. The first-order chi connectivity index (χ1) is 13.6. The van der Waals surface area contributed by atoms with Gasteiger partial charge in [-0.05, 0) is 69.6 Å². The molecule has 0 aliphatic carbocycles. The van der Waals surface area contributed by atoms with Gasteiger partial charge >= 0.3 is 5.97 Å². The number of hydrogen-bond donors (Lipinski definition) is 1. The number of benzene rings is 1. The first-order valence-electron chi connectivity index (χ1n) is 9.84. The molecule has 1 aromatic carbocycles. The summed E-state index contributed by atoms with van der Waals surface area (Å²) < 4.78 is 5.00. The molecule has 2 aromatic rings. The third-order valence-corrected chi connectivity index (χ3v) is 4.85. The highest BCUT2D eigenvalue weighted by Gasteiger charge is 2.15. The van der Waals surface area contributed by atoms with Gasteiger partial charge in [-0.1, -0.05) is 18.6 Å². The molecule has 6 nitrogen and oxygen atoms in total. The number of carbonyl (C=O) groups is 2. The fourth-order valence-electron chi connectivity index (χ4n) is 3.43. The van der Waals surface area contributed by atoms with Crippen LogP contribution in [0.2, 0.25) is 0 Å². The predicted octanol–water partition coefficient (Wildman–Crippen LogP) is 3.80. The van der Waals surface area contributed by atoms with Crippen LogP contribution >= 0.6 is 0 Å². The van der Waals surface area contributed by atoms with E-state index in [0.717, 1.165) is 25.3 Å². The average Bonchev–Trinajstić information content (AvgIpc) is 2.69. The Balaban J connectivity index is 1.66. The number of amides is 1. The van der Waals surface area contributed by atoms with Crippen LogP contribution in [0.5, 0.6) is 0 Å². The van der Waals surface area contributed by atoms with Gasteiger partial charge in [0.05, 0.1) is 17.9 Å². The molecule has 3 rings (SSSR count). The number of piperidine rings is 1. The highest BCUT2D eigenvalue weighted by Crippen LogP contribution is 2.17. The van der Waals surface area contributed by atoms with Gasteiger partial charge in [-0.3, -0.25) is 9.69 Å². The van der Waals surface area contributed by atoms with Crippen LogP contribution in [0.4, 0.5) is 5.69 Å². The second-order valence-electron chi connectivity index (χ2n) is 7.04. The third kappa shape index (κ3) is 5.16. The molecule has 0 bridgehead atoms. The zero-order chi connectivity index (χ0) is 19.9. The Morgan fingerprint density at radius 3 is 2.64 bits per heavy atom. The van der Waals surface area contributed by atoms with Gasteiger partial charge in [-0.15, -0.1) is 0 Å². The monoisotopic (exact) mass is 381 g/mol. The Morgan fingerprint density at radius 1 is 1.14 bits per heavy atom. The van der Waals surface area contributed by atoms with Crippen LogP contribution in [-0.2, 0) is 11.3 Å². The molecule has 1 amide bonds. The van der Waals surface area contributed by atoms with Crippen molar-refractivity contribution in [3.05, 3.63) is 58.9 Å². The lowest BCUT2D eigenvalue weighted by Gasteiger charge is -2.26. The Hall–Kier alpha value is -2.73. The summed E-state index contributed by atoms with van der Waals surface area (Å²) in [5.41, 5.74) is 3.05. The summed E-state index contributed by atoms with van der Waals surface area (Å²) in [6.07, 6.45) is 3.82. The van der Waals surface area contributed by atoms with Gasteiger partial charge in [-0.25, -0.2) is 9.78 Å². The Morgan fingerprint density at radius 2 is 1.93 bits per heavy atom. The second-order valence-corrected chi connectivity index (χ2v) is 7.04. The van der Waals surface area contributed by atoms with Crippen LogP contribution in [0, 0.1) is 6.92 Å². The predicted molar refractivity (Wildman–Crippen MR) is 108 cm³/mol. The topological polar surface area (TPSA) is 71.5 Å². The van der Waals surface area contributed by atoms with E-state index >= 15 is 0 Å². The van der Waals surface area contributed by atoms with Crippen molar-refractivity contribution >= 4 is 17.6 Å². The van der Waals surface area contributed by atoms with Gasteiger partial charge in [-0.2, -0.15) is 0 Å². The van der Waals surface area contributed by atoms with E-state index < -0.39 is 5.97 Å². The van der Waals surface area contributed by atoms with E-state index in [-0.39, 0.29) is 11.6 Å². The van der Waals surface area contributed by atoms with Crippen molar-refractivity contribution in [3.63, 3.8) is 0 Å². The van der Waals surface area contributed by atoms with E-state index in [0.29, 0.717) is 17.9 Å². The summed E-state index contributed by atoms with van der Waals surface area (Å²) in [6, 6.07) is 11.1. The van der Waals surface area contributed by atoms with Crippen LogP contribution in [0.3, 0.4) is 0 Å². The molecule has 1 aliphatic rings. The van der Waals surface area contributed by atoms with E-state index in [2.05, 4.69) is 21.3 Å². The van der Waals surface area contributed by atoms with E-state index in [4.69, 9.17) is 4.74 Å². The maximum atomic E-state index is 12.6. The number of ether oxygens (including phenoxy) is 1. The molecule has 2 heterocycles. The van der Waals surface area contributed by atoms with Crippen LogP contribution in [0.25, 0.3) is 0 Å². The number of aromatic nitrogens is 1. The molecule has 1 fully saturated rings. The van der Waals surface area contributed by atoms with Crippen LogP contribution in [0.1, 0.15) is 58.3 Å². The van der Waals surface area contributed by atoms with Gasteiger partial charge in [0.2, 0.25) is 0 Å². The number of pyridine rings is 1. The van der Waals surface area contributed by atoms with Crippen LogP contribution in [-0.4, -0.2) is 41.5 Å². The first-order valence-corrected chi connectivity index (χ1v) is 9.84. The summed E-state index contributed by atoms with van der Waals surface area (Å²) in [5.74, 6) is -0.724. The molecule has 0 unspecified atom stereocenters. The number of rotatable bonds is 6. The number of anilines is 1. The third-order valence-electron chi connectivity index (χ3n) is 4.85. The lowest BCUT2D eigenvalue weighted by Crippen LogP contribution is -2.29. The largest absolute Gasteiger partial charge is 0.462 e. The molecule has 148 valence electrons. The van der Waals surface area contributed by atoms with Gasteiger partial charge in [0.1, 0.15) is 5.69 Å². The summed E-state index contributed by atoms with van der Waals surface area (Å²) in [7, 11) is 0. The summed E-state index contributed by atoms with van der Waals surface area (Å²) in [6.45, 7) is 6.91. The van der Waals surface area contributed by atoms with Crippen molar-refractivity contribution in [2.24, 2.45) is 0 Å². The zero-order valence-electron chi connectivity index (χ0n) is 16.5. The zero-order valence-corrected chi connectivity index (χ0v) is 16.5. The van der Waals surface area contributed by atoms with E-state index in [1.54, 1.807) is 26.0 Å². The maximum Gasteiger partial charge on any atom is 0.339 e. The molecule has 1 N–H and O–H groups in total. The average molecular weight is 381 g/mol. The number of nitrogens with one attached hydrogen (secondary N) is 1. The Bertz CT molecular complexity index is 845. The minimum atomic E-state index is -0.426. The van der Waals surface area contributed by atoms with Crippen molar-refractivity contribution in [3.8, 4) is 0 Å². The summed E-state index contributed by atoms with van der Waals surface area (Å²) in [4.78, 5) is 31.2. The number of aryl methyl sites for hydroxylation is 1. The van der Waals surface area contributed by atoms with E-state index in [9.17, 15) is 9.59 Å². The highest BCUT2D eigenvalue weighted by molar-refractivity contribution is 6.03. The van der Waals surface area contributed by atoms with E-state index in [1.807, 2.05) is 18.2 Å². The van der Waals surface area contributed by atoms with Crippen LogP contribution < -0.4 is 5.32 Å². The summed E-state index contributed by atoms with van der Waals surface area (Å²) >= 11 is 0. The molecular formula is C22H27N3O3. The number of likely N-dealkylation sites (tertiary alicyclic amines) is 1. The van der Waals surface area contributed by atoms with Gasteiger partial charge in [0, 0.05) is 12.2 Å². The van der Waals surface area contributed by atoms with Crippen molar-refractivity contribution < 1.29 is 14.3 Å². The molecule has 28 heavy (non-hydrogen) atoms. The van der Waals surface area contributed by atoms with Crippen molar-refractivity contribution in [2.75, 3.05) is 25.0 Å². The van der Waals surface area contributed by atoms with Gasteiger partial charge < -0.3 is 10.1 Å². The molecule has 6 heteroatoms. The normalized spacial score (nSPS) is 14.5. The molecule has 0 spiro atoms. The Kier molecular flexibility index (Phi) is 6.76. The molecule has 0 atom stereocenters. The minimum Gasteiger partial charge on any atom is -0.462 e. The van der Waals surface area contributed by atoms with E-state index in [1.165, 1.54) is 24.8 Å². The smallest absolute Gasteiger partial charge is 0.339 e. The first kappa shape index (κ1) is 20.0. The van der Waals surface area contributed by atoms with Gasteiger partial charge in [0.15, 0.2) is 0 Å². The number of carbonyl (C=O) groups excluding carboxylic acids is 2. The maximum absolute atomic E-state index is 12.6. The molecule has 1 aliphatic heterocycles. The quantitative estimate of drug-likeness (QED) is 0.771. The molecule has 0 radical (unpaired) electrons. The minimum absolute atomic E-state index is 0.270. The fraction of sp³-hybridized carbons (Fsp3) is 0.409. The molecular weight excluding hydrogens is 354 g/mol. The summed E-state index contributed by atoms with van der Waals surface area (Å²) in [5, 5.41) is 2.90. The SMILES string of the molecule is CCOC(=O)c1ccc(C(=O)Nc2cccc(CN3CCCCC3)c2)nc1C.